The maximum absolute atomic E-state index is 5.69. The number of pyridine rings is 1. The lowest BCUT2D eigenvalue weighted by atomic mass is 10.1. The van der Waals surface area contributed by atoms with Gasteiger partial charge in [0.15, 0.2) is 5.96 Å². The molecule has 1 heterocycles. The molecule has 1 aromatic heterocycles. The summed E-state index contributed by atoms with van der Waals surface area (Å²) in [6.07, 6.45) is 3.80. The third-order valence-corrected chi connectivity index (χ3v) is 4.22. The van der Waals surface area contributed by atoms with E-state index in [1.807, 2.05) is 18.2 Å². The molecule has 2 rings (SSSR count). The van der Waals surface area contributed by atoms with Crippen molar-refractivity contribution in [1.29, 1.82) is 0 Å². The van der Waals surface area contributed by atoms with E-state index in [-0.39, 0.29) is 0 Å². The van der Waals surface area contributed by atoms with Crippen molar-refractivity contribution in [3.05, 3.63) is 59.8 Å². The Morgan fingerprint density at radius 3 is 2.71 bits per heavy atom. The Morgan fingerprint density at radius 2 is 1.96 bits per heavy atom. The number of rotatable bonds is 11. The van der Waals surface area contributed by atoms with Gasteiger partial charge in [0.1, 0.15) is 6.61 Å². The first kappa shape index (κ1) is 21.7. The lowest BCUT2D eigenvalue weighted by Gasteiger charge is -2.18. The van der Waals surface area contributed by atoms with Gasteiger partial charge >= 0.3 is 0 Å². The molecule has 0 spiro atoms. The van der Waals surface area contributed by atoms with Gasteiger partial charge in [-0.05, 0) is 38.3 Å². The first-order valence-electron chi connectivity index (χ1n) is 9.87. The van der Waals surface area contributed by atoms with Crippen molar-refractivity contribution in [2.45, 2.75) is 39.3 Å². The Kier molecular flexibility index (Phi) is 9.86. The van der Waals surface area contributed by atoms with Crippen LogP contribution in [-0.4, -0.2) is 43.9 Å². The maximum Gasteiger partial charge on any atom is 0.218 e. The molecule has 0 saturated heterocycles. The average molecular weight is 385 g/mol. The molecule has 152 valence electrons. The number of ether oxygens (including phenoxy) is 2. The topological polar surface area (TPSA) is 67.8 Å². The number of hydrogen-bond donors (Lipinski definition) is 2. The van der Waals surface area contributed by atoms with E-state index in [1.54, 1.807) is 13.3 Å². The number of aliphatic imine (C=N–C) groups is 1. The van der Waals surface area contributed by atoms with Crippen LogP contribution in [0.3, 0.4) is 0 Å². The third-order valence-electron chi connectivity index (χ3n) is 4.22. The van der Waals surface area contributed by atoms with Crippen LogP contribution in [-0.2, 0) is 17.7 Å². The fourth-order valence-corrected chi connectivity index (χ4v) is 2.71. The molecule has 0 radical (unpaired) electrons. The van der Waals surface area contributed by atoms with Gasteiger partial charge in [-0.25, -0.2) is 9.98 Å². The van der Waals surface area contributed by atoms with Gasteiger partial charge in [-0.2, -0.15) is 0 Å². The smallest absolute Gasteiger partial charge is 0.218 e. The van der Waals surface area contributed by atoms with Crippen LogP contribution in [0.1, 0.15) is 31.4 Å². The standard InChI is InChI=1S/C22H32N4O2/c1-4-23-22(26-18(2)12-13-19-9-6-5-7-10-19)25-17-20-11-8-14-24-21(20)28-16-15-27-3/h5-11,14,18H,4,12-13,15-17H2,1-3H3,(H2,23,25,26). The van der Waals surface area contributed by atoms with E-state index in [1.165, 1.54) is 5.56 Å². The molecule has 1 atom stereocenters. The van der Waals surface area contributed by atoms with E-state index in [4.69, 9.17) is 14.5 Å². The van der Waals surface area contributed by atoms with Gasteiger partial charge in [0, 0.05) is 31.5 Å². The van der Waals surface area contributed by atoms with Gasteiger partial charge in [0.05, 0.1) is 13.2 Å². The summed E-state index contributed by atoms with van der Waals surface area (Å²) in [5.41, 5.74) is 2.30. The second-order valence-electron chi connectivity index (χ2n) is 6.57. The predicted octanol–water partition coefficient (Wildman–Crippen LogP) is 3.18. The van der Waals surface area contributed by atoms with Gasteiger partial charge < -0.3 is 20.1 Å². The van der Waals surface area contributed by atoms with Crippen LogP contribution in [0.2, 0.25) is 0 Å². The van der Waals surface area contributed by atoms with Crippen LogP contribution in [0.15, 0.2) is 53.7 Å². The number of benzene rings is 1. The molecule has 0 bridgehead atoms. The molecule has 6 heteroatoms. The first-order valence-corrected chi connectivity index (χ1v) is 9.87. The zero-order chi connectivity index (χ0) is 20.0. The minimum absolute atomic E-state index is 0.310. The van der Waals surface area contributed by atoms with Crippen LogP contribution in [0.25, 0.3) is 0 Å². The Labute approximate surface area is 168 Å². The van der Waals surface area contributed by atoms with Crippen molar-refractivity contribution >= 4 is 5.96 Å². The quantitative estimate of drug-likeness (QED) is 0.354. The highest BCUT2D eigenvalue weighted by Gasteiger charge is 2.08. The van der Waals surface area contributed by atoms with Crippen molar-refractivity contribution in [2.75, 3.05) is 26.9 Å². The maximum atomic E-state index is 5.69. The highest BCUT2D eigenvalue weighted by molar-refractivity contribution is 5.80. The van der Waals surface area contributed by atoms with Gasteiger partial charge in [-0.3, -0.25) is 0 Å². The zero-order valence-electron chi connectivity index (χ0n) is 17.1. The lowest BCUT2D eigenvalue weighted by Crippen LogP contribution is -2.42. The molecule has 2 N–H and O–H groups in total. The van der Waals surface area contributed by atoms with E-state index >= 15 is 0 Å². The molecular weight excluding hydrogens is 352 g/mol. The number of nitrogens with one attached hydrogen (secondary N) is 2. The molecule has 1 aromatic carbocycles. The molecule has 0 amide bonds. The highest BCUT2D eigenvalue weighted by Crippen LogP contribution is 2.15. The van der Waals surface area contributed by atoms with E-state index in [9.17, 15) is 0 Å². The molecule has 0 aliphatic rings. The summed E-state index contributed by atoms with van der Waals surface area (Å²) in [5.74, 6) is 1.41. The molecule has 28 heavy (non-hydrogen) atoms. The van der Waals surface area contributed by atoms with Crippen LogP contribution in [0.4, 0.5) is 0 Å². The summed E-state index contributed by atoms with van der Waals surface area (Å²) in [5, 5.41) is 6.80. The molecule has 0 aliphatic carbocycles. The number of aryl methyl sites for hydroxylation is 1. The number of nitrogens with zero attached hydrogens (tertiary/aromatic N) is 2. The summed E-state index contributed by atoms with van der Waals surface area (Å²) < 4.78 is 10.7. The monoisotopic (exact) mass is 384 g/mol. The summed E-state index contributed by atoms with van der Waals surface area (Å²) >= 11 is 0. The fraction of sp³-hybridized carbons (Fsp3) is 0.455. The Balaban J connectivity index is 1.92. The van der Waals surface area contributed by atoms with Crippen molar-refractivity contribution in [3.8, 4) is 5.88 Å². The summed E-state index contributed by atoms with van der Waals surface area (Å²) in [6.45, 7) is 6.55. The number of methoxy groups -OCH3 is 1. The summed E-state index contributed by atoms with van der Waals surface area (Å²) in [6, 6.07) is 14.7. The molecule has 1 unspecified atom stereocenters. The molecule has 0 aliphatic heterocycles. The van der Waals surface area contributed by atoms with Gasteiger partial charge in [0.25, 0.3) is 0 Å². The van der Waals surface area contributed by atoms with Crippen LogP contribution < -0.4 is 15.4 Å². The van der Waals surface area contributed by atoms with E-state index < -0.39 is 0 Å². The second-order valence-corrected chi connectivity index (χ2v) is 6.57. The van der Waals surface area contributed by atoms with Gasteiger partial charge in [0.2, 0.25) is 5.88 Å². The molecule has 2 aromatic rings. The minimum Gasteiger partial charge on any atom is -0.475 e. The second kappa shape index (κ2) is 12.7. The summed E-state index contributed by atoms with van der Waals surface area (Å²) in [4.78, 5) is 9.02. The Bertz CT molecular complexity index is 707. The SMILES string of the molecule is CCNC(=NCc1cccnc1OCCOC)NC(C)CCc1ccccc1. The Morgan fingerprint density at radius 1 is 1.14 bits per heavy atom. The number of guanidine groups is 1. The van der Waals surface area contributed by atoms with Gasteiger partial charge in [-0.15, -0.1) is 0 Å². The predicted molar refractivity (Wildman–Crippen MR) is 114 cm³/mol. The summed E-state index contributed by atoms with van der Waals surface area (Å²) in [7, 11) is 1.65. The van der Waals surface area contributed by atoms with Crippen molar-refractivity contribution in [1.82, 2.24) is 15.6 Å². The molecular formula is C22H32N4O2. The first-order chi connectivity index (χ1) is 13.7. The fourth-order valence-electron chi connectivity index (χ4n) is 2.71. The number of aromatic nitrogens is 1. The van der Waals surface area contributed by atoms with E-state index in [0.29, 0.717) is 31.7 Å². The van der Waals surface area contributed by atoms with Crippen LogP contribution in [0, 0.1) is 0 Å². The van der Waals surface area contributed by atoms with Crippen molar-refractivity contribution < 1.29 is 9.47 Å². The molecule has 6 nitrogen and oxygen atoms in total. The third kappa shape index (κ3) is 7.96. The molecule has 0 fully saturated rings. The van der Waals surface area contributed by atoms with Gasteiger partial charge in [-0.1, -0.05) is 36.4 Å². The van der Waals surface area contributed by atoms with Crippen LogP contribution in [0.5, 0.6) is 5.88 Å². The average Bonchev–Trinajstić information content (AvgIpc) is 2.72. The highest BCUT2D eigenvalue weighted by atomic mass is 16.5. The number of hydrogen-bond acceptors (Lipinski definition) is 4. The van der Waals surface area contributed by atoms with Crippen LogP contribution >= 0.6 is 0 Å². The van der Waals surface area contributed by atoms with E-state index in [2.05, 4.69) is 53.7 Å². The van der Waals surface area contributed by atoms with Crippen molar-refractivity contribution in [3.63, 3.8) is 0 Å². The largest absolute Gasteiger partial charge is 0.475 e. The minimum atomic E-state index is 0.310. The zero-order valence-corrected chi connectivity index (χ0v) is 17.1. The molecule has 0 saturated carbocycles. The Hall–Kier alpha value is -2.60. The van der Waals surface area contributed by atoms with Crippen molar-refractivity contribution in [2.24, 2.45) is 4.99 Å². The normalized spacial score (nSPS) is 12.5. The lowest BCUT2D eigenvalue weighted by molar-refractivity contribution is 0.143. The van der Waals surface area contributed by atoms with E-state index in [0.717, 1.165) is 30.9 Å².